The summed E-state index contributed by atoms with van der Waals surface area (Å²) < 4.78 is 5.18. The van der Waals surface area contributed by atoms with Crippen LogP contribution in [0.25, 0.3) is 0 Å². The van der Waals surface area contributed by atoms with Gasteiger partial charge in [0, 0.05) is 26.1 Å². The zero-order chi connectivity index (χ0) is 12.0. The fraction of sp³-hybridized carbons (Fsp3) is 0.800. The third-order valence-corrected chi connectivity index (χ3v) is 2.51. The van der Waals surface area contributed by atoms with E-state index < -0.39 is 12.0 Å². The molecule has 1 atom stereocenters. The van der Waals surface area contributed by atoms with E-state index >= 15 is 0 Å². The van der Waals surface area contributed by atoms with Crippen molar-refractivity contribution < 1.29 is 19.4 Å². The molecule has 1 aliphatic rings. The highest BCUT2D eigenvalue weighted by Crippen LogP contribution is 1.98. The van der Waals surface area contributed by atoms with E-state index in [1.54, 1.807) is 0 Å². The van der Waals surface area contributed by atoms with Gasteiger partial charge in [-0.2, -0.15) is 0 Å². The van der Waals surface area contributed by atoms with Gasteiger partial charge in [-0.15, -0.1) is 0 Å². The van der Waals surface area contributed by atoms with Crippen molar-refractivity contribution in [3.63, 3.8) is 0 Å². The number of ether oxygens (including phenoxy) is 1. The minimum Gasteiger partial charge on any atom is -0.480 e. The lowest BCUT2D eigenvalue weighted by Crippen LogP contribution is -2.42. The molecule has 0 aromatic carbocycles. The maximum absolute atomic E-state index is 11.4. The number of carbonyl (C=O) groups excluding carboxylic acids is 1. The molecule has 1 rings (SSSR count). The number of carbonyl (C=O) groups is 2. The van der Waals surface area contributed by atoms with Gasteiger partial charge in [-0.25, -0.2) is 0 Å². The van der Waals surface area contributed by atoms with Crippen molar-refractivity contribution in [2.45, 2.75) is 19.4 Å². The number of amides is 1. The van der Waals surface area contributed by atoms with Crippen molar-refractivity contribution in [2.24, 2.45) is 0 Å². The summed E-state index contributed by atoms with van der Waals surface area (Å²) in [5.74, 6) is -1.24. The Labute approximate surface area is 94.6 Å². The Bertz CT molecular complexity index is 251. The molecule has 1 saturated heterocycles. The minimum atomic E-state index is -1.01. The number of nitrogens with one attached hydrogen (secondary N) is 1. The van der Waals surface area contributed by atoms with E-state index in [4.69, 9.17) is 9.84 Å². The van der Waals surface area contributed by atoms with Crippen LogP contribution < -0.4 is 5.32 Å². The fourth-order valence-electron chi connectivity index (χ4n) is 1.46. The molecular weight excluding hydrogens is 212 g/mol. The number of carboxylic acid groups (broad SMARTS) is 1. The fourth-order valence-corrected chi connectivity index (χ4v) is 1.46. The number of hydrogen-bond acceptors (Lipinski definition) is 4. The number of morpholine rings is 1. The molecule has 6 nitrogen and oxygen atoms in total. The monoisotopic (exact) mass is 230 g/mol. The highest BCUT2D eigenvalue weighted by Gasteiger charge is 2.15. The predicted molar refractivity (Wildman–Crippen MR) is 57.1 cm³/mol. The smallest absolute Gasteiger partial charge is 0.325 e. The first kappa shape index (κ1) is 12.9. The molecule has 1 amide bonds. The van der Waals surface area contributed by atoms with Crippen LogP contribution in [0.1, 0.15) is 13.3 Å². The number of nitrogens with zero attached hydrogens (tertiary/aromatic N) is 1. The molecule has 2 N–H and O–H groups in total. The summed E-state index contributed by atoms with van der Waals surface area (Å²) in [4.78, 5) is 24.0. The van der Waals surface area contributed by atoms with E-state index in [0.29, 0.717) is 26.2 Å². The van der Waals surface area contributed by atoms with Gasteiger partial charge in [-0.3, -0.25) is 14.5 Å². The summed E-state index contributed by atoms with van der Waals surface area (Å²) in [6, 6.07) is -0.822. The molecule has 0 unspecified atom stereocenters. The third kappa shape index (κ3) is 4.59. The van der Waals surface area contributed by atoms with Gasteiger partial charge in [0.05, 0.1) is 13.2 Å². The van der Waals surface area contributed by atoms with Crippen molar-refractivity contribution in [1.82, 2.24) is 10.2 Å². The van der Waals surface area contributed by atoms with E-state index in [2.05, 4.69) is 10.2 Å². The standard InChI is InChI=1S/C10H18N2O4/c1-8(10(14)15)11-9(13)2-3-12-4-6-16-7-5-12/h8H,2-7H2,1H3,(H,11,13)(H,14,15)/t8-/m0/s1. The summed E-state index contributed by atoms with van der Waals surface area (Å²) in [7, 11) is 0. The van der Waals surface area contributed by atoms with E-state index in [9.17, 15) is 9.59 Å². The molecule has 0 aliphatic carbocycles. The Morgan fingerprint density at radius 3 is 2.62 bits per heavy atom. The van der Waals surface area contributed by atoms with Crippen molar-refractivity contribution in [2.75, 3.05) is 32.8 Å². The van der Waals surface area contributed by atoms with Crippen molar-refractivity contribution in [1.29, 1.82) is 0 Å². The van der Waals surface area contributed by atoms with Gasteiger partial charge in [0.15, 0.2) is 0 Å². The molecule has 92 valence electrons. The van der Waals surface area contributed by atoms with Gasteiger partial charge in [0.25, 0.3) is 0 Å². The van der Waals surface area contributed by atoms with Crippen LogP contribution in [0.2, 0.25) is 0 Å². The molecule has 16 heavy (non-hydrogen) atoms. The van der Waals surface area contributed by atoms with Gasteiger partial charge in [0.1, 0.15) is 6.04 Å². The topological polar surface area (TPSA) is 78.9 Å². The molecule has 0 spiro atoms. The molecule has 1 fully saturated rings. The van der Waals surface area contributed by atoms with Crippen LogP contribution >= 0.6 is 0 Å². The number of aliphatic carboxylic acids is 1. The SMILES string of the molecule is C[C@H](NC(=O)CCN1CCOCC1)C(=O)O. The highest BCUT2D eigenvalue weighted by atomic mass is 16.5. The normalized spacial score (nSPS) is 19.1. The summed E-state index contributed by atoms with van der Waals surface area (Å²) in [5.41, 5.74) is 0. The maximum atomic E-state index is 11.4. The molecule has 0 bridgehead atoms. The van der Waals surface area contributed by atoms with E-state index in [0.717, 1.165) is 13.1 Å². The molecule has 1 aliphatic heterocycles. The lowest BCUT2D eigenvalue weighted by Gasteiger charge is -2.26. The molecule has 0 saturated carbocycles. The lowest BCUT2D eigenvalue weighted by atomic mass is 10.3. The van der Waals surface area contributed by atoms with Crippen molar-refractivity contribution >= 4 is 11.9 Å². The first-order valence-electron chi connectivity index (χ1n) is 5.42. The van der Waals surface area contributed by atoms with E-state index in [1.165, 1.54) is 6.92 Å². The number of rotatable bonds is 5. The maximum Gasteiger partial charge on any atom is 0.325 e. The van der Waals surface area contributed by atoms with E-state index in [1.807, 2.05) is 0 Å². The van der Waals surface area contributed by atoms with Crippen molar-refractivity contribution in [3.05, 3.63) is 0 Å². The summed E-state index contributed by atoms with van der Waals surface area (Å²) in [5, 5.41) is 11.0. The predicted octanol–water partition coefficient (Wildman–Crippen LogP) is -0.702. The Hall–Kier alpha value is -1.14. The second kappa shape index (κ2) is 6.44. The van der Waals surface area contributed by atoms with Gasteiger partial charge < -0.3 is 15.2 Å². The largest absolute Gasteiger partial charge is 0.480 e. The van der Waals surface area contributed by atoms with Crippen LogP contribution in [0, 0.1) is 0 Å². The quantitative estimate of drug-likeness (QED) is 0.653. The van der Waals surface area contributed by atoms with Crippen LogP contribution in [0.3, 0.4) is 0 Å². The molecule has 1 heterocycles. The second-order valence-corrected chi connectivity index (χ2v) is 3.83. The molecule has 0 aromatic heterocycles. The van der Waals surface area contributed by atoms with Gasteiger partial charge in [-0.05, 0) is 6.92 Å². The molecule has 6 heteroatoms. The Morgan fingerprint density at radius 2 is 2.06 bits per heavy atom. The Morgan fingerprint density at radius 1 is 1.44 bits per heavy atom. The zero-order valence-corrected chi connectivity index (χ0v) is 9.44. The van der Waals surface area contributed by atoms with Crippen LogP contribution in [0.4, 0.5) is 0 Å². The Kier molecular flexibility index (Phi) is 5.21. The summed E-state index contributed by atoms with van der Waals surface area (Å²) in [6.45, 7) is 5.18. The van der Waals surface area contributed by atoms with Gasteiger partial charge in [-0.1, -0.05) is 0 Å². The molecular formula is C10H18N2O4. The average molecular weight is 230 g/mol. The van der Waals surface area contributed by atoms with Gasteiger partial charge in [0.2, 0.25) is 5.91 Å². The zero-order valence-electron chi connectivity index (χ0n) is 9.44. The molecule has 0 radical (unpaired) electrons. The van der Waals surface area contributed by atoms with Crippen LogP contribution in [-0.4, -0.2) is 60.8 Å². The van der Waals surface area contributed by atoms with Crippen molar-refractivity contribution in [3.8, 4) is 0 Å². The average Bonchev–Trinajstić information content (AvgIpc) is 2.27. The van der Waals surface area contributed by atoms with Crippen LogP contribution in [0.5, 0.6) is 0 Å². The highest BCUT2D eigenvalue weighted by molar-refractivity contribution is 5.83. The van der Waals surface area contributed by atoms with Gasteiger partial charge >= 0.3 is 5.97 Å². The number of carboxylic acids is 1. The first-order valence-corrected chi connectivity index (χ1v) is 5.42. The first-order chi connectivity index (χ1) is 7.59. The third-order valence-electron chi connectivity index (χ3n) is 2.51. The lowest BCUT2D eigenvalue weighted by molar-refractivity contribution is -0.141. The number of hydrogen-bond donors (Lipinski definition) is 2. The van der Waals surface area contributed by atoms with Crippen LogP contribution in [-0.2, 0) is 14.3 Å². The molecule has 0 aromatic rings. The van der Waals surface area contributed by atoms with E-state index in [-0.39, 0.29) is 5.91 Å². The summed E-state index contributed by atoms with van der Waals surface area (Å²) >= 11 is 0. The second-order valence-electron chi connectivity index (χ2n) is 3.83. The summed E-state index contributed by atoms with van der Waals surface area (Å²) in [6.07, 6.45) is 0.331. The minimum absolute atomic E-state index is 0.221. The Balaban J connectivity index is 2.16. The van der Waals surface area contributed by atoms with Crippen LogP contribution in [0.15, 0.2) is 0 Å².